The first-order valence-corrected chi connectivity index (χ1v) is 12.0. The van der Waals surface area contributed by atoms with Crippen molar-refractivity contribution in [3.8, 4) is 5.75 Å². The molecule has 0 aliphatic carbocycles. The Hall–Kier alpha value is -4.40. The monoisotopic (exact) mass is 518 g/mol. The minimum atomic E-state index is -4.78. The van der Waals surface area contributed by atoms with Gasteiger partial charge >= 0.3 is 6.18 Å². The zero-order chi connectivity index (χ0) is 26.8. The van der Waals surface area contributed by atoms with Crippen LogP contribution in [-0.2, 0) is 15.8 Å². The van der Waals surface area contributed by atoms with Crippen molar-refractivity contribution in [2.45, 2.75) is 18.3 Å². The molecule has 3 aliphatic heterocycles. The second kappa shape index (κ2) is 8.58. The lowest BCUT2D eigenvalue weighted by Crippen LogP contribution is -2.44. The summed E-state index contributed by atoms with van der Waals surface area (Å²) in [5, 5.41) is 0. The highest BCUT2D eigenvalue weighted by Crippen LogP contribution is 2.54. The Kier molecular flexibility index (Phi) is 5.41. The molecule has 0 saturated carbocycles. The molecule has 0 aromatic heterocycles. The van der Waals surface area contributed by atoms with Crippen LogP contribution in [0.4, 0.5) is 18.9 Å². The second-order valence-electron chi connectivity index (χ2n) is 9.45. The van der Waals surface area contributed by atoms with Gasteiger partial charge in [-0.3, -0.25) is 14.4 Å². The van der Waals surface area contributed by atoms with E-state index in [1.54, 1.807) is 41.4 Å². The number of para-hydroxylation sites is 1. The maximum absolute atomic E-state index is 13.9. The summed E-state index contributed by atoms with van der Waals surface area (Å²) in [6.07, 6.45) is -1.27. The van der Waals surface area contributed by atoms with Gasteiger partial charge in [0.05, 0.1) is 36.2 Å². The SMILES string of the molecule is COc1ccc(C(=O)[C@@H]2[C@@H]3C(=O)N(c4ccccc4C(F)(F)F)C(=O)[C@H]3[C@H]3c4ccccc4C=CN23)cc1. The fourth-order valence-electron chi connectivity index (χ4n) is 5.93. The molecular weight excluding hydrogens is 497 g/mol. The molecule has 4 atom stereocenters. The molecule has 9 heteroatoms. The highest BCUT2D eigenvalue weighted by atomic mass is 19.4. The quantitative estimate of drug-likeness (QED) is 0.355. The molecule has 3 heterocycles. The van der Waals surface area contributed by atoms with E-state index in [2.05, 4.69) is 0 Å². The number of amides is 2. The number of hydrogen-bond acceptors (Lipinski definition) is 5. The Labute approximate surface area is 215 Å². The van der Waals surface area contributed by atoms with Gasteiger partial charge in [0, 0.05) is 11.8 Å². The average Bonchev–Trinajstić information content (AvgIpc) is 3.40. The third kappa shape index (κ3) is 3.45. The molecule has 3 aliphatic rings. The predicted octanol–water partition coefficient (Wildman–Crippen LogP) is 5.11. The molecule has 6 nitrogen and oxygen atoms in total. The lowest BCUT2D eigenvalue weighted by Gasteiger charge is -2.35. The summed E-state index contributed by atoms with van der Waals surface area (Å²) in [5.74, 6) is -3.63. The summed E-state index contributed by atoms with van der Waals surface area (Å²) in [6, 6.07) is 16.4. The molecule has 0 radical (unpaired) electrons. The van der Waals surface area contributed by atoms with Crippen molar-refractivity contribution in [1.82, 2.24) is 4.90 Å². The number of carbonyl (C=O) groups excluding carboxylic acids is 3. The van der Waals surface area contributed by atoms with Crippen LogP contribution in [0.3, 0.4) is 0 Å². The largest absolute Gasteiger partial charge is 0.497 e. The molecule has 2 saturated heterocycles. The Morgan fingerprint density at radius 1 is 0.868 bits per heavy atom. The van der Waals surface area contributed by atoms with E-state index < -0.39 is 58.9 Å². The number of halogens is 3. The van der Waals surface area contributed by atoms with Gasteiger partial charge in [-0.2, -0.15) is 13.2 Å². The van der Waals surface area contributed by atoms with E-state index in [1.807, 2.05) is 24.3 Å². The highest BCUT2D eigenvalue weighted by Gasteiger charge is 2.65. The number of benzene rings is 3. The van der Waals surface area contributed by atoms with Crippen molar-refractivity contribution in [3.05, 3.63) is 101 Å². The summed E-state index contributed by atoms with van der Waals surface area (Å²) < 4.78 is 46.8. The van der Waals surface area contributed by atoms with Gasteiger partial charge in [0.1, 0.15) is 11.8 Å². The van der Waals surface area contributed by atoms with Gasteiger partial charge in [0.2, 0.25) is 11.8 Å². The number of ketones is 1. The lowest BCUT2D eigenvalue weighted by molar-refractivity contribution is -0.137. The fourth-order valence-corrected chi connectivity index (χ4v) is 5.93. The van der Waals surface area contributed by atoms with Crippen LogP contribution in [0.2, 0.25) is 0 Å². The number of fused-ring (bicyclic) bond motifs is 5. The molecule has 2 amide bonds. The van der Waals surface area contributed by atoms with Crippen molar-refractivity contribution in [2.24, 2.45) is 11.8 Å². The topological polar surface area (TPSA) is 66.9 Å². The Morgan fingerprint density at radius 3 is 2.24 bits per heavy atom. The second-order valence-corrected chi connectivity index (χ2v) is 9.45. The maximum atomic E-state index is 13.9. The Bertz CT molecular complexity index is 1500. The summed E-state index contributed by atoms with van der Waals surface area (Å²) in [4.78, 5) is 44.0. The van der Waals surface area contributed by atoms with E-state index in [-0.39, 0.29) is 0 Å². The van der Waals surface area contributed by atoms with Crippen LogP contribution in [0.15, 0.2) is 79.0 Å². The van der Waals surface area contributed by atoms with Crippen LogP contribution in [0, 0.1) is 11.8 Å². The van der Waals surface area contributed by atoms with Crippen LogP contribution < -0.4 is 9.64 Å². The van der Waals surface area contributed by atoms with Gasteiger partial charge in [0.25, 0.3) is 0 Å². The van der Waals surface area contributed by atoms with E-state index in [4.69, 9.17) is 4.74 Å². The molecule has 0 bridgehead atoms. The van der Waals surface area contributed by atoms with Crippen molar-refractivity contribution < 1.29 is 32.3 Å². The number of imide groups is 1. The van der Waals surface area contributed by atoms with E-state index >= 15 is 0 Å². The first kappa shape index (κ1) is 24.0. The number of methoxy groups -OCH3 is 1. The van der Waals surface area contributed by atoms with Crippen molar-refractivity contribution in [3.63, 3.8) is 0 Å². The van der Waals surface area contributed by atoms with Crippen LogP contribution in [0.25, 0.3) is 6.08 Å². The first-order chi connectivity index (χ1) is 18.2. The van der Waals surface area contributed by atoms with Gasteiger partial charge < -0.3 is 9.64 Å². The number of nitrogens with zero attached hydrogens (tertiary/aromatic N) is 2. The minimum Gasteiger partial charge on any atom is -0.497 e. The first-order valence-electron chi connectivity index (χ1n) is 12.0. The predicted molar refractivity (Wildman–Crippen MR) is 132 cm³/mol. The average molecular weight is 518 g/mol. The molecule has 2 fully saturated rings. The van der Waals surface area contributed by atoms with Crippen molar-refractivity contribution in [1.29, 1.82) is 0 Å². The Balaban J connectivity index is 1.50. The van der Waals surface area contributed by atoms with Crippen LogP contribution in [0.5, 0.6) is 5.75 Å². The molecule has 0 unspecified atom stereocenters. The van der Waals surface area contributed by atoms with Crippen molar-refractivity contribution >= 4 is 29.4 Å². The van der Waals surface area contributed by atoms with Gasteiger partial charge in [-0.25, -0.2) is 4.90 Å². The number of carbonyl (C=O) groups is 3. The Morgan fingerprint density at radius 2 is 1.53 bits per heavy atom. The number of hydrogen-bond donors (Lipinski definition) is 0. The summed E-state index contributed by atoms with van der Waals surface area (Å²) in [5.41, 5.74) is 0.255. The standard InChI is InChI=1S/C29H21F3N2O4/c1-38-18-12-10-17(11-13-18)26(35)25-23-22(24-19-7-3-2-6-16(19)14-15-33(24)25)27(36)34(28(23)37)21-9-5-4-8-20(21)29(30,31)32/h2-15,22-25H,1H3/t22-,23-,24-,25+/m1/s1. The smallest absolute Gasteiger partial charge is 0.418 e. The molecule has 192 valence electrons. The summed E-state index contributed by atoms with van der Waals surface area (Å²) >= 11 is 0. The van der Waals surface area contributed by atoms with E-state index in [1.165, 1.54) is 19.2 Å². The maximum Gasteiger partial charge on any atom is 0.418 e. The molecule has 3 aromatic rings. The normalized spacial score (nSPS) is 23.8. The molecule has 6 rings (SSSR count). The van der Waals surface area contributed by atoms with Crippen molar-refractivity contribution in [2.75, 3.05) is 12.0 Å². The lowest BCUT2D eigenvalue weighted by atomic mass is 9.83. The third-order valence-electron chi connectivity index (χ3n) is 7.56. The zero-order valence-electron chi connectivity index (χ0n) is 20.1. The van der Waals surface area contributed by atoms with Crippen LogP contribution in [0.1, 0.15) is 33.1 Å². The number of rotatable bonds is 4. The minimum absolute atomic E-state index is 0.303. The number of Topliss-reactive ketones (excluding diaryl/α,β-unsaturated/α-hetero) is 1. The summed E-state index contributed by atoms with van der Waals surface area (Å²) in [7, 11) is 1.50. The van der Waals surface area contributed by atoms with E-state index in [0.717, 1.165) is 23.3 Å². The fraction of sp³-hybridized carbons (Fsp3) is 0.207. The van der Waals surface area contributed by atoms with Gasteiger partial charge in [-0.1, -0.05) is 36.4 Å². The number of anilines is 1. The third-order valence-corrected chi connectivity index (χ3v) is 7.56. The van der Waals surface area contributed by atoms with Gasteiger partial charge in [-0.15, -0.1) is 0 Å². The highest BCUT2D eigenvalue weighted by molar-refractivity contribution is 6.25. The van der Waals surface area contributed by atoms with Gasteiger partial charge in [-0.05, 0) is 53.6 Å². The molecule has 38 heavy (non-hydrogen) atoms. The summed E-state index contributed by atoms with van der Waals surface area (Å²) in [6.45, 7) is 0. The number of alkyl halides is 3. The molecule has 3 aromatic carbocycles. The molecule has 0 spiro atoms. The zero-order valence-corrected chi connectivity index (χ0v) is 20.1. The number of ether oxygens (including phenoxy) is 1. The van der Waals surface area contributed by atoms with Crippen LogP contribution >= 0.6 is 0 Å². The molecule has 0 N–H and O–H groups in total. The molecular formula is C29H21F3N2O4. The van der Waals surface area contributed by atoms with E-state index in [0.29, 0.717) is 16.2 Å². The van der Waals surface area contributed by atoms with Crippen LogP contribution in [-0.4, -0.2) is 35.6 Å². The van der Waals surface area contributed by atoms with E-state index in [9.17, 15) is 27.6 Å². The van der Waals surface area contributed by atoms with Gasteiger partial charge in [0.15, 0.2) is 5.78 Å².